The van der Waals surface area contributed by atoms with E-state index in [1.807, 2.05) is 74.5 Å². The van der Waals surface area contributed by atoms with Crippen molar-refractivity contribution in [2.45, 2.75) is 33.4 Å². The molecule has 0 saturated heterocycles. The summed E-state index contributed by atoms with van der Waals surface area (Å²) in [5.74, 6) is -0.217. The Hall–Kier alpha value is -3.32. The molecule has 4 aromatic rings. The fourth-order valence-electron chi connectivity index (χ4n) is 3.43. The molecule has 2 aromatic carbocycles. The number of para-hydroxylation sites is 1. The molecule has 7 heteroatoms. The second kappa shape index (κ2) is 8.20. The standard InChI is InChI=1S/C23H22N4O2S/c1-15-17(3)30-21-20(15)23(29)27(25-24-21)16(2)22(28)26(19-12-8-5-9-13-19)14-18-10-6-4-7-11-18/h4-13,16H,14H2,1-3H3. The molecular formula is C23H22N4O2S. The molecule has 0 N–H and O–H groups in total. The molecule has 152 valence electrons. The molecule has 30 heavy (non-hydrogen) atoms. The lowest BCUT2D eigenvalue weighted by Crippen LogP contribution is -2.40. The number of carbonyl (C=O) groups is 1. The number of aryl methyl sites for hydroxylation is 2. The third kappa shape index (κ3) is 3.64. The highest BCUT2D eigenvalue weighted by Gasteiger charge is 2.27. The van der Waals surface area contributed by atoms with Gasteiger partial charge in [-0.15, -0.1) is 16.4 Å². The van der Waals surface area contributed by atoms with Crippen LogP contribution in [0.25, 0.3) is 10.2 Å². The molecule has 1 amide bonds. The van der Waals surface area contributed by atoms with Gasteiger partial charge in [-0.1, -0.05) is 53.7 Å². The zero-order valence-corrected chi connectivity index (χ0v) is 17.9. The highest BCUT2D eigenvalue weighted by Crippen LogP contribution is 2.26. The molecule has 2 aromatic heterocycles. The van der Waals surface area contributed by atoms with Crippen molar-refractivity contribution in [3.63, 3.8) is 0 Å². The Morgan fingerprint density at radius 1 is 1.07 bits per heavy atom. The number of thiophene rings is 1. The van der Waals surface area contributed by atoms with E-state index in [9.17, 15) is 9.59 Å². The van der Waals surface area contributed by atoms with Crippen LogP contribution < -0.4 is 10.5 Å². The van der Waals surface area contributed by atoms with E-state index in [0.29, 0.717) is 16.8 Å². The number of rotatable bonds is 5. The Kier molecular flexibility index (Phi) is 5.46. The molecule has 1 atom stereocenters. The van der Waals surface area contributed by atoms with Crippen molar-refractivity contribution in [3.8, 4) is 0 Å². The number of nitrogens with zero attached hydrogens (tertiary/aromatic N) is 4. The Balaban J connectivity index is 1.74. The Morgan fingerprint density at radius 2 is 1.70 bits per heavy atom. The Labute approximate surface area is 178 Å². The first-order valence-corrected chi connectivity index (χ1v) is 10.5. The van der Waals surface area contributed by atoms with Crippen LogP contribution in [0.15, 0.2) is 65.5 Å². The van der Waals surface area contributed by atoms with Crippen LogP contribution in [0, 0.1) is 13.8 Å². The van der Waals surface area contributed by atoms with Crippen LogP contribution in [-0.4, -0.2) is 20.9 Å². The van der Waals surface area contributed by atoms with Gasteiger partial charge in [-0.25, -0.2) is 0 Å². The van der Waals surface area contributed by atoms with Gasteiger partial charge in [0, 0.05) is 10.6 Å². The predicted molar refractivity (Wildman–Crippen MR) is 120 cm³/mol. The van der Waals surface area contributed by atoms with E-state index in [0.717, 1.165) is 21.7 Å². The summed E-state index contributed by atoms with van der Waals surface area (Å²) < 4.78 is 1.20. The lowest BCUT2D eigenvalue weighted by atomic mass is 10.1. The quantitative estimate of drug-likeness (QED) is 0.486. The second-order valence-electron chi connectivity index (χ2n) is 7.22. The zero-order valence-electron chi connectivity index (χ0n) is 17.1. The molecular weight excluding hydrogens is 396 g/mol. The molecule has 0 aliphatic carbocycles. The van der Waals surface area contributed by atoms with Gasteiger partial charge in [0.1, 0.15) is 6.04 Å². The highest BCUT2D eigenvalue weighted by atomic mass is 32.1. The summed E-state index contributed by atoms with van der Waals surface area (Å²) in [7, 11) is 0. The number of carbonyl (C=O) groups excluding carboxylic acids is 1. The van der Waals surface area contributed by atoms with Crippen molar-refractivity contribution in [2.24, 2.45) is 0 Å². The van der Waals surface area contributed by atoms with Crippen LogP contribution in [0.2, 0.25) is 0 Å². The third-order valence-corrected chi connectivity index (χ3v) is 6.35. The van der Waals surface area contributed by atoms with Crippen LogP contribution in [0.5, 0.6) is 0 Å². The summed E-state index contributed by atoms with van der Waals surface area (Å²) in [6.45, 7) is 5.95. The summed E-state index contributed by atoms with van der Waals surface area (Å²) in [6.07, 6.45) is 0. The van der Waals surface area contributed by atoms with Crippen molar-refractivity contribution in [2.75, 3.05) is 4.90 Å². The van der Waals surface area contributed by atoms with Crippen LogP contribution >= 0.6 is 11.3 Å². The van der Waals surface area contributed by atoms with E-state index in [2.05, 4.69) is 10.3 Å². The van der Waals surface area contributed by atoms with Crippen LogP contribution in [0.1, 0.15) is 29.0 Å². The van der Waals surface area contributed by atoms with Gasteiger partial charge in [0.05, 0.1) is 11.9 Å². The average Bonchev–Trinajstić information content (AvgIpc) is 3.07. The van der Waals surface area contributed by atoms with Gasteiger partial charge in [0.25, 0.3) is 11.5 Å². The lowest BCUT2D eigenvalue weighted by molar-refractivity contribution is -0.121. The number of anilines is 1. The summed E-state index contributed by atoms with van der Waals surface area (Å²) >= 11 is 1.44. The number of aromatic nitrogens is 3. The first kappa shape index (κ1) is 20.0. The first-order chi connectivity index (χ1) is 14.5. The number of fused-ring (bicyclic) bond motifs is 1. The lowest BCUT2D eigenvalue weighted by Gasteiger charge is -2.26. The number of amides is 1. The fourth-order valence-corrected chi connectivity index (χ4v) is 4.39. The SMILES string of the molecule is Cc1sc2nnn(C(C)C(=O)N(Cc3ccccc3)c3ccccc3)c(=O)c2c1C. The highest BCUT2D eigenvalue weighted by molar-refractivity contribution is 7.18. The summed E-state index contributed by atoms with van der Waals surface area (Å²) in [5.41, 5.74) is 2.38. The average molecular weight is 419 g/mol. The minimum absolute atomic E-state index is 0.217. The fraction of sp³-hybridized carbons (Fsp3) is 0.217. The molecule has 0 aliphatic heterocycles. The number of hydrogen-bond acceptors (Lipinski definition) is 5. The molecule has 0 bridgehead atoms. The van der Waals surface area contributed by atoms with E-state index in [4.69, 9.17) is 0 Å². The van der Waals surface area contributed by atoms with E-state index in [-0.39, 0.29) is 11.5 Å². The van der Waals surface area contributed by atoms with E-state index < -0.39 is 6.04 Å². The third-order valence-electron chi connectivity index (χ3n) is 5.26. The van der Waals surface area contributed by atoms with E-state index in [1.165, 1.54) is 16.0 Å². The van der Waals surface area contributed by atoms with Gasteiger partial charge in [-0.05, 0) is 44.0 Å². The van der Waals surface area contributed by atoms with E-state index in [1.54, 1.807) is 11.8 Å². The molecule has 0 radical (unpaired) electrons. The monoisotopic (exact) mass is 418 g/mol. The maximum absolute atomic E-state index is 13.5. The summed E-state index contributed by atoms with van der Waals surface area (Å²) in [4.78, 5) is 30.0. The summed E-state index contributed by atoms with van der Waals surface area (Å²) in [6, 6.07) is 18.4. The van der Waals surface area contributed by atoms with Crippen molar-refractivity contribution >= 4 is 33.1 Å². The molecule has 4 rings (SSSR count). The molecule has 0 spiro atoms. The maximum Gasteiger partial charge on any atom is 0.279 e. The molecule has 2 heterocycles. The molecule has 1 unspecified atom stereocenters. The van der Waals surface area contributed by atoms with Crippen LogP contribution in [0.3, 0.4) is 0 Å². The van der Waals surface area contributed by atoms with Gasteiger partial charge in [0.15, 0.2) is 4.83 Å². The Morgan fingerprint density at radius 3 is 2.37 bits per heavy atom. The van der Waals surface area contributed by atoms with Crippen molar-refractivity contribution in [3.05, 3.63) is 87.0 Å². The van der Waals surface area contributed by atoms with Crippen molar-refractivity contribution < 1.29 is 4.79 Å². The molecule has 0 aliphatic rings. The number of hydrogen-bond donors (Lipinski definition) is 0. The summed E-state index contributed by atoms with van der Waals surface area (Å²) in [5, 5.41) is 8.83. The maximum atomic E-state index is 13.5. The smallest absolute Gasteiger partial charge is 0.279 e. The van der Waals surface area contributed by atoms with Gasteiger partial charge in [-0.3, -0.25) is 9.59 Å². The molecule has 6 nitrogen and oxygen atoms in total. The van der Waals surface area contributed by atoms with Gasteiger partial charge in [-0.2, -0.15) is 4.68 Å². The van der Waals surface area contributed by atoms with Crippen molar-refractivity contribution in [1.82, 2.24) is 15.0 Å². The topological polar surface area (TPSA) is 68.1 Å². The molecule has 0 saturated carbocycles. The molecule has 0 fully saturated rings. The zero-order chi connectivity index (χ0) is 21.3. The van der Waals surface area contributed by atoms with Crippen LogP contribution in [-0.2, 0) is 11.3 Å². The predicted octanol–water partition coefficient (Wildman–Crippen LogP) is 4.26. The normalized spacial score (nSPS) is 12.1. The minimum atomic E-state index is -0.794. The minimum Gasteiger partial charge on any atom is -0.306 e. The van der Waals surface area contributed by atoms with Gasteiger partial charge in [0.2, 0.25) is 0 Å². The second-order valence-corrected chi connectivity index (χ2v) is 8.43. The van der Waals surface area contributed by atoms with Crippen molar-refractivity contribution in [1.29, 1.82) is 0 Å². The van der Waals surface area contributed by atoms with Gasteiger partial charge < -0.3 is 4.90 Å². The van der Waals surface area contributed by atoms with E-state index >= 15 is 0 Å². The Bertz CT molecular complexity index is 1250. The largest absolute Gasteiger partial charge is 0.306 e. The van der Waals surface area contributed by atoms with Gasteiger partial charge >= 0.3 is 0 Å². The van der Waals surface area contributed by atoms with Crippen LogP contribution in [0.4, 0.5) is 5.69 Å². The number of benzene rings is 2. The first-order valence-electron chi connectivity index (χ1n) is 9.73.